The molecule has 28 heavy (non-hydrogen) atoms. The van der Waals surface area contributed by atoms with Gasteiger partial charge in [-0.25, -0.2) is 13.4 Å². The van der Waals surface area contributed by atoms with Crippen LogP contribution < -0.4 is 10.1 Å². The maximum absolute atomic E-state index is 12.7. The number of halogens is 1. The summed E-state index contributed by atoms with van der Waals surface area (Å²) in [7, 11) is -1.74. The van der Waals surface area contributed by atoms with E-state index in [-0.39, 0.29) is 10.8 Å². The molecule has 4 rings (SSSR count). The quantitative estimate of drug-likeness (QED) is 0.479. The average molecular weight is 453 g/mol. The summed E-state index contributed by atoms with van der Waals surface area (Å²) in [6.45, 7) is 0. The van der Waals surface area contributed by atoms with Crippen molar-refractivity contribution in [2.45, 2.75) is 4.90 Å². The molecule has 0 fully saturated rings. The summed E-state index contributed by atoms with van der Waals surface area (Å²) in [4.78, 5) is 17.6. The lowest BCUT2D eigenvalue weighted by Gasteiger charge is -1.99. The van der Waals surface area contributed by atoms with Crippen LogP contribution >= 0.6 is 34.3 Å². The number of methoxy groups -OCH3 is 1. The van der Waals surface area contributed by atoms with Crippen LogP contribution in [0.1, 0.15) is 9.67 Å². The van der Waals surface area contributed by atoms with E-state index in [0.717, 1.165) is 16.3 Å². The normalized spacial score (nSPS) is 11.8. The van der Waals surface area contributed by atoms with Crippen molar-refractivity contribution in [3.8, 4) is 5.75 Å². The minimum Gasteiger partial charge on any atom is -0.497 e. The summed E-state index contributed by atoms with van der Waals surface area (Å²) in [5, 5.41) is 4.23. The van der Waals surface area contributed by atoms with Crippen molar-refractivity contribution in [3.05, 3.63) is 46.3 Å². The molecule has 10 heteroatoms. The van der Waals surface area contributed by atoms with Crippen LogP contribution in [0.25, 0.3) is 20.3 Å². The number of nitrogens with zero attached hydrogens (tertiary/aromatic N) is 1. The zero-order valence-electron chi connectivity index (χ0n) is 14.6. The van der Waals surface area contributed by atoms with E-state index in [1.165, 1.54) is 28.7 Å². The monoisotopic (exact) mass is 452 g/mol. The zero-order valence-corrected chi connectivity index (χ0v) is 17.9. The van der Waals surface area contributed by atoms with E-state index in [4.69, 9.17) is 16.3 Å². The lowest BCUT2D eigenvalue weighted by Crippen LogP contribution is -2.10. The number of thiazole rings is 1. The van der Waals surface area contributed by atoms with Gasteiger partial charge in [0.15, 0.2) is 15.0 Å². The van der Waals surface area contributed by atoms with Crippen LogP contribution in [0.15, 0.2) is 41.3 Å². The van der Waals surface area contributed by atoms with Gasteiger partial charge in [0.2, 0.25) is 0 Å². The van der Waals surface area contributed by atoms with E-state index in [0.29, 0.717) is 31.0 Å². The second kappa shape index (κ2) is 7.00. The minimum absolute atomic E-state index is 0.211. The Bertz CT molecular complexity index is 1340. The van der Waals surface area contributed by atoms with Gasteiger partial charge in [0.05, 0.1) is 27.2 Å². The summed E-state index contributed by atoms with van der Waals surface area (Å²) in [5.41, 5.74) is 0.611. The molecular weight excluding hydrogens is 440 g/mol. The first kappa shape index (κ1) is 19.1. The molecule has 0 radical (unpaired) electrons. The molecule has 0 atom stereocenters. The Hall–Kier alpha value is -2.20. The second-order valence-corrected chi connectivity index (χ2v) is 10.5. The number of nitrogens with one attached hydrogen (secondary N) is 1. The van der Waals surface area contributed by atoms with Gasteiger partial charge in [0, 0.05) is 16.3 Å². The number of thiophene rings is 1. The van der Waals surface area contributed by atoms with E-state index >= 15 is 0 Å². The molecule has 2 heterocycles. The van der Waals surface area contributed by atoms with Crippen molar-refractivity contribution in [2.75, 3.05) is 18.7 Å². The van der Waals surface area contributed by atoms with Gasteiger partial charge in [-0.2, -0.15) is 0 Å². The molecule has 0 unspecified atom stereocenters. The third-order valence-corrected chi connectivity index (χ3v) is 7.77. The minimum atomic E-state index is -3.31. The van der Waals surface area contributed by atoms with Gasteiger partial charge in [0.1, 0.15) is 10.6 Å². The Morgan fingerprint density at radius 1 is 1.14 bits per heavy atom. The standard InChI is InChI=1S/C18H13ClN2O4S3/c1-25-9-3-6-13-11(7-9)15(19)16(26-13)17(22)21-18-20-12-5-4-10(28(2,23)24)8-14(12)27-18/h3-8H,1-2H3,(H,20,21,22). The number of amides is 1. The highest BCUT2D eigenvalue weighted by atomic mass is 35.5. The molecule has 0 saturated carbocycles. The second-order valence-electron chi connectivity index (χ2n) is 5.98. The molecule has 0 bridgehead atoms. The van der Waals surface area contributed by atoms with Gasteiger partial charge in [-0.1, -0.05) is 22.9 Å². The van der Waals surface area contributed by atoms with Crippen molar-refractivity contribution in [1.29, 1.82) is 0 Å². The average Bonchev–Trinajstić information content (AvgIpc) is 3.20. The van der Waals surface area contributed by atoms with Gasteiger partial charge >= 0.3 is 0 Å². The summed E-state index contributed by atoms with van der Waals surface area (Å²) in [5.74, 6) is 0.291. The molecule has 0 aliphatic rings. The van der Waals surface area contributed by atoms with Crippen molar-refractivity contribution < 1.29 is 17.9 Å². The fourth-order valence-corrected chi connectivity index (χ4v) is 5.67. The van der Waals surface area contributed by atoms with Crippen LogP contribution in [0.2, 0.25) is 5.02 Å². The number of rotatable bonds is 4. The highest BCUT2D eigenvalue weighted by Crippen LogP contribution is 2.38. The third kappa shape index (κ3) is 3.46. The first-order valence-electron chi connectivity index (χ1n) is 7.94. The molecule has 0 saturated heterocycles. The lowest BCUT2D eigenvalue weighted by molar-refractivity contribution is 0.103. The van der Waals surface area contributed by atoms with Crippen molar-refractivity contribution in [2.24, 2.45) is 0 Å². The highest BCUT2D eigenvalue weighted by Gasteiger charge is 2.19. The van der Waals surface area contributed by atoms with Gasteiger partial charge in [-0.3, -0.25) is 10.1 Å². The number of carbonyl (C=O) groups is 1. The smallest absolute Gasteiger partial charge is 0.269 e. The topological polar surface area (TPSA) is 85.4 Å². The first-order valence-corrected chi connectivity index (χ1v) is 11.8. The van der Waals surface area contributed by atoms with Crippen LogP contribution in [0, 0.1) is 0 Å². The molecule has 4 aromatic rings. The van der Waals surface area contributed by atoms with E-state index in [1.807, 2.05) is 12.1 Å². The molecule has 6 nitrogen and oxygen atoms in total. The number of sulfone groups is 1. The highest BCUT2D eigenvalue weighted by molar-refractivity contribution is 7.90. The predicted molar refractivity (Wildman–Crippen MR) is 114 cm³/mol. The Morgan fingerprint density at radius 3 is 2.64 bits per heavy atom. The van der Waals surface area contributed by atoms with Crippen LogP contribution in [-0.4, -0.2) is 32.7 Å². The number of aromatic nitrogens is 1. The van der Waals surface area contributed by atoms with E-state index in [1.54, 1.807) is 25.3 Å². The van der Waals surface area contributed by atoms with Gasteiger partial charge in [-0.05, 0) is 36.4 Å². The SMILES string of the molecule is COc1ccc2sc(C(=O)Nc3nc4ccc(S(C)(=O)=O)cc4s3)c(Cl)c2c1. The summed E-state index contributed by atoms with van der Waals surface area (Å²) < 4.78 is 30.2. The first-order chi connectivity index (χ1) is 13.3. The van der Waals surface area contributed by atoms with Crippen molar-refractivity contribution in [3.63, 3.8) is 0 Å². The van der Waals surface area contributed by atoms with Crippen molar-refractivity contribution in [1.82, 2.24) is 4.98 Å². The van der Waals surface area contributed by atoms with Gasteiger partial charge < -0.3 is 4.74 Å². The maximum atomic E-state index is 12.7. The molecular formula is C18H13ClN2O4S3. The number of carbonyl (C=O) groups excluding carboxylic acids is 1. The molecule has 0 aliphatic carbocycles. The van der Waals surface area contributed by atoms with E-state index in [9.17, 15) is 13.2 Å². The summed E-state index contributed by atoms with van der Waals surface area (Å²) in [6, 6.07) is 10.1. The number of anilines is 1. The van der Waals surface area contributed by atoms with Crippen LogP contribution in [0.4, 0.5) is 5.13 Å². The van der Waals surface area contributed by atoms with Crippen LogP contribution in [0.5, 0.6) is 5.75 Å². The number of benzene rings is 2. The van der Waals surface area contributed by atoms with E-state index in [2.05, 4.69) is 10.3 Å². The number of ether oxygens (including phenoxy) is 1. The van der Waals surface area contributed by atoms with Gasteiger partial charge in [-0.15, -0.1) is 11.3 Å². The molecule has 1 amide bonds. The third-order valence-electron chi connectivity index (χ3n) is 4.05. The fourth-order valence-electron chi connectivity index (χ4n) is 2.66. The number of hydrogen-bond acceptors (Lipinski definition) is 7. The maximum Gasteiger partial charge on any atom is 0.269 e. The lowest BCUT2D eigenvalue weighted by atomic mass is 10.2. The zero-order chi connectivity index (χ0) is 20.1. The van der Waals surface area contributed by atoms with E-state index < -0.39 is 9.84 Å². The predicted octanol–water partition coefficient (Wildman–Crippen LogP) is 4.83. The molecule has 2 aromatic heterocycles. The van der Waals surface area contributed by atoms with Crippen molar-refractivity contribution >= 4 is 75.5 Å². The molecule has 1 N–H and O–H groups in total. The number of fused-ring (bicyclic) bond motifs is 2. The molecule has 2 aromatic carbocycles. The fraction of sp³-hybridized carbons (Fsp3) is 0.111. The van der Waals surface area contributed by atoms with Crippen LogP contribution in [-0.2, 0) is 9.84 Å². The van der Waals surface area contributed by atoms with Crippen LogP contribution in [0.3, 0.4) is 0 Å². The summed E-state index contributed by atoms with van der Waals surface area (Å²) in [6.07, 6.45) is 1.15. The molecule has 144 valence electrons. The number of hydrogen-bond donors (Lipinski definition) is 1. The Labute approximate surface area is 173 Å². The Morgan fingerprint density at radius 2 is 1.93 bits per heavy atom. The van der Waals surface area contributed by atoms with Gasteiger partial charge in [0.25, 0.3) is 5.91 Å². The largest absolute Gasteiger partial charge is 0.497 e. The molecule has 0 spiro atoms. The Kier molecular flexibility index (Phi) is 4.78. The summed E-state index contributed by atoms with van der Waals surface area (Å²) >= 11 is 8.89. The Balaban J connectivity index is 1.66. The molecule has 0 aliphatic heterocycles.